The lowest BCUT2D eigenvalue weighted by Gasteiger charge is -2.38. The van der Waals surface area contributed by atoms with E-state index in [0.717, 1.165) is 43.0 Å². The van der Waals surface area contributed by atoms with Crippen molar-refractivity contribution < 1.29 is 14.6 Å². The summed E-state index contributed by atoms with van der Waals surface area (Å²) in [6, 6.07) is 5.76. The van der Waals surface area contributed by atoms with E-state index in [-0.39, 0.29) is 5.60 Å². The van der Waals surface area contributed by atoms with E-state index in [2.05, 4.69) is 12.2 Å². The van der Waals surface area contributed by atoms with Gasteiger partial charge >= 0.3 is 0 Å². The Bertz CT molecular complexity index is 455. The van der Waals surface area contributed by atoms with Crippen LogP contribution in [0.15, 0.2) is 18.2 Å². The van der Waals surface area contributed by atoms with E-state index in [1.165, 1.54) is 0 Å². The summed E-state index contributed by atoms with van der Waals surface area (Å²) in [7, 11) is 0. The molecule has 2 N–H and O–H groups in total. The van der Waals surface area contributed by atoms with Gasteiger partial charge in [0, 0.05) is 19.4 Å². The number of aliphatic hydroxyl groups is 1. The monoisotopic (exact) mass is 263 g/mol. The van der Waals surface area contributed by atoms with Crippen molar-refractivity contribution in [2.45, 2.75) is 37.9 Å². The van der Waals surface area contributed by atoms with Gasteiger partial charge in [-0.25, -0.2) is 0 Å². The highest BCUT2D eigenvalue weighted by molar-refractivity contribution is 5.48. The van der Waals surface area contributed by atoms with Gasteiger partial charge in [-0.3, -0.25) is 0 Å². The summed E-state index contributed by atoms with van der Waals surface area (Å²) >= 11 is 0. The van der Waals surface area contributed by atoms with Gasteiger partial charge in [-0.2, -0.15) is 0 Å². The largest absolute Gasteiger partial charge is 0.493 e. The van der Waals surface area contributed by atoms with Crippen molar-refractivity contribution in [1.82, 2.24) is 5.32 Å². The van der Waals surface area contributed by atoms with Crippen LogP contribution in [0.2, 0.25) is 0 Å². The van der Waals surface area contributed by atoms with Crippen LogP contribution < -0.4 is 14.8 Å². The first-order chi connectivity index (χ1) is 9.24. The Morgan fingerprint density at radius 2 is 2.42 bits per heavy atom. The molecule has 1 aromatic rings. The van der Waals surface area contributed by atoms with E-state index >= 15 is 0 Å². The number of nitrogens with one attached hydrogen (secondary N) is 1. The van der Waals surface area contributed by atoms with Crippen molar-refractivity contribution in [3.63, 3.8) is 0 Å². The molecule has 0 bridgehead atoms. The van der Waals surface area contributed by atoms with Crippen LogP contribution in [0.25, 0.3) is 0 Å². The molecule has 0 radical (unpaired) electrons. The van der Waals surface area contributed by atoms with Crippen LogP contribution in [0.5, 0.6) is 11.5 Å². The zero-order valence-corrected chi connectivity index (χ0v) is 11.3. The molecular weight excluding hydrogens is 242 g/mol. The van der Waals surface area contributed by atoms with E-state index in [9.17, 15) is 5.11 Å². The average Bonchev–Trinajstić information content (AvgIpc) is 2.83. The van der Waals surface area contributed by atoms with Gasteiger partial charge in [0.05, 0.1) is 18.3 Å². The molecule has 0 saturated carbocycles. The molecule has 1 spiro atoms. The van der Waals surface area contributed by atoms with Crippen molar-refractivity contribution in [3.05, 3.63) is 23.8 Å². The SMILES string of the molecule is CCCOc1cccc2c1C(O)CC1(CCNC1)O2. The molecule has 0 aromatic heterocycles. The lowest BCUT2D eigenvalue weighted by molar-refractivity contribution is -0.00197. The topological polar surface area (TPSA) is 50.7 Å². The van der Waals surface area contributed by atoms with Gasteiger partial charge in [-0.05, 0) is 25.1 Å². The van der Waals surface area contributed by atoms with Crippen LogP contribution in [0.3, 0.4) is 0 Å². The number of fused-ring (bicyclic) bond motifs is 1. The second kappa shape index (κ2) is 5.02. The lowest BCUT2D eigenvalue weighted by Crippen LogP contribution is -2.43. The van der Waals surface area contributed by atoms with E-state index in [1.54, 1.807) is 0 Å². The van der Waals surface area contributed by atoms with Crippen molar-refractivity contribution in [3.8, 4) is 11.5 Å². The molecule has 19 heavy (non-hydrogen) atoms. The van der Waals surface area contributed by atoms with Crippen molar-refractivity contribution >= 4 is 0 Å². The predicted molar refractivity (Wildman–Crippen MR) is 72.7 cm³/mol. The Kier molecular flexibility index (Phi) is 3.37. The van der Waals surface area contributed by atoms with Crippen LogP contribution >= 0.6 is 0 Å². The zero-order valence-electron chi connectivity index (χ0n) is 11.3. The van der Waals surface area contributed by atoms with E-state index < -0.39 is 6.10 Å². The van der Waals surface area contributed by atoms with Crippen LogP contribution in [0.4, 0.5) is 0 Å². The third kappa shape index (κ3) is 2.30. The van der Waals surface area contributed by atoms with Crippen molar-refractivity contribution in [2.24, 2.45) is 0 Å². The van der Waals surface area contributed by atoms with Crippen molar-refractivity contribution in [1.29, 1.82) is 0 Å². The molecule has 2 atom stereocenters. The Morgan fingerprint density at radius 3 is 3.16 bits per heavy atom. The summed E-state index contributed by atoms with van der Waals surface area (Å²) in [5.74, 6) is 1.53. The van der Waals surface area contributed by atoms with Crippen LogP contribution in [-0.4, -0.2) is 30.4 Å². The molecule has 2 unspecified atom stereocenters. The minimum absolute atomic E-state index is 0.240. The second-order valence-electron chi connectivity index (χ2n) is 5.45. The molecule has 1 saturated heterocycles. The number of rotatable bonds is 3. The van der Waals surface area contributed by atoms with Gasteiger partial charge < -0.3 is 19.9 Å². The highest BCUT2D eigenvalue weighted by Crippen LogP contribution is 2.46. The number of ether oxygens (including phenoxy) is 2. The zero-order chi connectivity index (χ0) is 13.3. The molecule has 0 amide bonds. The Labute approximate surface area is 113 Å². The van der Waals surface area contributed by atoms with Gasteiger partial charge in [0.25, 0.3) is 0 Å². The number of hydrogen-bond donors (Lipinski definition) is 2. The summed E-state index contributed by atoms with van der Waals surface area (Å²) in [6.45, 7) is 4.50. The van der Waals surface area contributed by atoms with Gasteiger partial charge in [0.15, 0.2) is 0 Å². The minimum atomic E-state index is -0.503. The number of hydrogen-bond acceptors (Lipinski definition) is 4. The molecule has 4 heteroatoms. The van der Waals surface area contributed by atoms with Gasteiger partial charge in [-0.15, -0.1) is 0 Å². The second-order valence-corrected chi connectivity index (χ2v) is 5.45. The van der Waals surface area contributed by atoms with Crippen molar-refractivity contribution in [2.75, 3.05) is 19.7 Å². The van der Waals surface area contributed by atoms with Crippen LogP contribution in [0.1, 0.15) is 37.9 Å². The molecule has 2 aliphatic rings. The third-order valence-corrected chi connectivity index (χ3v) is 3.92. The summed E-state index contributed by atoms with van der Waals surface area (Å²) in [5.41, 5.74) is 0.573. The summed E-state index contributed by atoms with van der Waals surface area (Å²) in [6.07, 6.45) is 2.04. The quantitative estimate of drug-likeness (QED) is 0.876. The first-order valence-corrected chi connectivity index (χ1v) is 7.08. The molecule has 1 aromatic carbocycles. The molecule has 4 nitrogen and oxygen atoms in total. The Hall–Kier alpha value is -1.26. The van der Waals surface area contributed by atoms with Gasteiger partial charge in [0.2, 0.25) is 0 Å². The fourth-order valence-electron chi connectivity index (χ4n) is 2.99. The summed E-state index contributed by atoms with van der Waals surface area (Å²) < 4.78 is 11.9. The van der Waals surface area contributed by atoms with Gasteiger partial charge in [-0.1, -0.05) is 13.0 Å². The van der Waals surface area contributed by atoms with E-state index in [4.69, 9.17) is 9.47 Å². The Morgan fingerprint density at radius 1 is 1.53 bits per heavy atom. The molecule has 2 heterocycles. The lowest BCUT2D eigenvalue weighted by atomic mass is 9.88. The first kappa shape index (κ1) is 12.8. The first-order valence-electron chi connectivity index (χ1n) is 7.08. The molecule has 3 rings (SSSR count). The fraction of sp³-hybridized carbons (Fsp3) is 0.600. The van der Waals surface area contributed by atoms with E-state index in [1.807, 2.05) is 18.2 Å². The molecular formula is C15H21NO3. The highest BCUT2D eigenvalue weighted by atomic mass is 16.5. The summed E-state index contributed by atoms with van der Waals surface area (Å²) in [4.78, 5) is 0. The van der Waals surface area contributed by atoms with Crippen LogP contribution in [0, 0.1) is 0 Å². The minimum Gasteiger partial charge on any atom is -0.493 e. The highest BCUT2D eigenvalue weighted by Gasteiger charge is 2.43. The van der Waals surface area contributed by atoms with Gasteiger partial charge in [0.1, 0.15) is 17.1 Å². The molecule has 2 aliphatic heterocycles. The third-order valence-electron chi connectivity index (χ3n) is 3.92. The van der Waals surface area contributed by atoms with E-state index in [0.29, 0.717) is 13.0 Å². The standard InChI is InChI=1S/C15H21NO3/c1-2-8-18-12-4-3-5-13-14(12)11(17)9-15(19-13)6-7-16-10-15/h3-5,11,16-17H,2,6-10H2,1H3. The molecule has 0 aliphatic carbocycles. The fourth-order valence-corrected chi connectivity index (χ4v) is 2.99. The van der Waals surface area contributed by atoms with Crippen LogP contribution in [-0.2, 0) is 0 Å². The predicted octanol–water partition coefficient (Wildman–Crippen LogP) is 2.02. The maximum absolute atomic E-state index is 10.5. The maximum atomic E-state index is 10.5. The average molecular weight is 263 g/mol. The number of benzene rings is 1. The number of aliphatic hydroxyl groups excluding tert-OH is 1. The normalized spacial score (nSPS) is 29.1. The summed E-state index contributed by atoms with van der Waals surface area (Å²) in [5, 5.41) is 13.8. The Balaban J connectivity index is 1.91. The molecule has 1 fully saturated rings. The molecule has 104 valence electrons. The smallest absolute Gasteiger partial charge is 0.129 e. The maximum Gasteiger partial charge on any atom is 0.129 e.